The minimum atomic E-state index is -0.369. The summed E-state index contributed by atoms with van der Waals surface area (Å²) in [5.74, 6) is 2.76. The van der Waals surface area contributed by atoms with Crippen molar-refractivity contribution in [3.8, 4) is 17.1 Å². The maximum atomic E-state index is 10.5. The fourth-order valence-corrected chi connectivity index (χ4v) is 4.18. The van der Waals surface area contributed by atoms with Crippen LogP contribution in [-0.2, 0) is 11.3 Å². The summed E-state index contributed by atoms with van der Waals surface area (Å²) in [5, 5.41) is 20.2. The zero-order chi connectivity index (χ0) is 19.9. The van der Waals surface area contributed by atoms with Gasteiger partial charge in [0.25, 0.3) is 0 Å². The fourth-order valence-electron chi connectivity index (χ4n) is 3.31. The van der Waals surface area contributed by atoms with Crippen LogP contribution in [0, 0.1) is 5.92 Å². The van der Waals surface area contributed by atoms with Crippen molar-refractivity contribution in [1.29, 1.82) is 0 Å². The number of methoxy groups -OCH3 is 1. The largest absolute Gasteiger partial charge is 0.497 e. The van der Waals surface area contributed by atoms with Gasteiger partial charge >= 0.3 is 0 Å². The Morgan fingerprint density at radius 3 is 2.57 bits per heavy atom. The lowest BCUT2D eigenvalue weighted by Crippen LogP contribution is -3.15. The van der Waals surface area contributed by atoms with Crippen LogP contribution in [0.4, 0.5) is 0 Å². The van der Waals surface area contributed by atoms with Crippen LogP contribution >= 0.6 is 11.8 Å². The second kappa shape index (κ2) is 10.2. The summed E-state index contributed by atoms with van der Waals surface area (Å²) >= 11 is 1.58. The molecule has 1 saturated heterocycles. The van der Waals surface area contributed by atoms with E-state index in [1.807, 2.05) is 24.3 Å². The Kier molecular flexibility index (Phi) is 7.73. The van der Waals surface area contributed by atoms with Crippen LogP contribution in [0.25, 0.3) is 11.4 Å². The molecule has 1 aliphatic heterocycles. The van der Waals surface area contributed by atoms with E-state index in [2.05, 4.69) is 28.6 Å². The topological polar surface area (TPSA) is 73.8 Å². The average Bonchev–Trinajstić information content (AvgIpc) is 3.09. The lowest BCUT2D eigenvalue weighted by Gasteiger charge is -2.25. The molecule has 0 bridgehead atoms. The van der Waals surface area contributed by atoms with E-state index >= 15 is 0 Å². The minimum Gasteiger partial charge on any atom is -0.497 e. The third-order valence-corrected chi connectivity index (χ3v) is 5.85. The maximum absolute atomic E-state index is 10.5. The molecule has 3 rings (SSSR count). The molecule has 2 aromatic rings. The third-order valence-electron chi connectivity index (χ3n) is 4.74. The molecule has 1 aromatic carbocycles. The summed E-state index contributed by atoms with van der Waals surface area (Å²) in [7, 11) is 1.66. The van der Waals surface area contributed by atoms with Crippen LogP contribution in [0.5, 0.6) is 5.75 Å². The highest BCUT2D eigenvalue weighted by Crippen LogP contribution is 2.26. The summed E-state index contributed by atoms with van der Waals surface area (Å²) < 4.78 is 12.8. The standard InChI is InChI=1S/C20H30N4O3S/c1-15(2)12-24-19(16-4-6-18(26-3)7-5-16)21-22-20(24)28-14-17(25)13-23-8-10-27-11-9-23/h4-7,15,17,25H,8-14H2,1-3H3/p+1/t17-/m1/s1. The molecular formula is C20H31N4O3S+. The van der Waals surface area contributed by atoms with Gasteiger partial charge in [0, 0.05) is 17.9 Å². The number of thioether (sulfide) groups is 1. The number of aromatic nitrogens is 3. The highest BCUT2D eigenvalue weighted by atomic mass is 32.2. The van der Waals surface area contributed by atoms with Crippen molar-refractivity contribution in [2.45, 2.75) is 31.7 Å². The SMILES string of the molecule is COc1ccc(-c2nnc(SC[C@H](O)C[NH+]3CCOCC3)n2CC(C)C)cc1. The predicted molar refractivity (Wildman–Crippen MR) is 110 cm³/mol. The molecule has 1 aromatic heterocycles. The van der Waals surface area contributed by atoms with Gasteiger partial charge in [0.15, 0.2) is 11.0 Å². The number of quaternary nitrogens is 1. The number of benzene rings is 1. The number of hydrogen-bond acceptors (Lipinski definition) is 6. The first-order chi connectivity index (χ1) is 13.6. The van der Waals surface area contributed by atoms with Gasteiger partial charge in [-0.2, -0.15) is 0 Å². The summed E-state index contributed by atoms with van der Waals surface area (Å²) in [6, 6.07) is 7.88. The monoisotopic (exact) mass is 407 g/mol. The van der Waals surface area contributed by atoms with Crippen molar-refractivity contribution in [1.82, 2.24) is 14.8 Å². The Hall–Kier alpha value is -1.61. The Bertz CT molecular complexity index is 730. The Morgan fingerprint density at radius 1 is 1.21 bits per heavy atom. The van der Waals surface area contributed by atoms with Crippen molar-refractivity contribution in [2.75, 3.05) is 45.7 Å². The highest BCUT2D eigenvalue weighted by molar-refractivity contribution is 7.99. The predicted octanol–water partition coefficient (Wildman–Crippen LogP) is 0.978. The number of morpholine rings is 1. The molecule has 0 unspecified atom stereocenters. The lowest BCUT2D eigenvalue weighted by atomic mass is 10.2. The number of rotatable bonds is 9. The lowest BCUT2D eigenvalue weighted by molar-refractivity contribution is -0.910. The quantitative estimate of drug-likeness (QED) is 0.604. The molecule has 28 heavy (non-hydrogen) atoms. The second-order valence-corrected chi connectivity index (χ2v) is 8.56. The summed E-state index contributed by atoms with van der Waals surface area (Å²) in [4.78, 5) is 1.40. The summed E-state index contributed by atoms with van der Waals surface area (Å²) in [6.07, 6.45) is -0.369. The van der Waals surface area contributed by atoms with Crippen LogP contribution in [-0.4, -0.2) is 71.7 Å². The number of hydrogen-bond donors (Lipinski definition) is 2. The van der Waals surface area contributed by atoms with Gasteiger partial charge in [0.1, 0.15) is 31.5 Å². The molecule has 8 heteroatoms. The van der Waals surface area contributed by atoms with Crippen LogP contribution in [0.15, 0.2) is 29.4 Å². The van der Waals surface area contributed by atoms with Crippen molar-refractivity contribution < 1.29 is 19.5 Å². The van der Waals surface area contributed by atoms with E-state index in [0.717, 1.165) is 61.7 Å². The third kappa shape index (κ3) is 5.70. The molecule has 1 atom stereocenters. The smallest absolute Gasteiger partial charge is 0.191 e. The Morgan fingerprint density at radius 2 is 1.93 bits per heavy atom. The van der Waals surface area contributed by atoms with Crippen molar-refractivity contribution in [2.24, 2.45) is 5.92 Å². The van der Waals surface area contributed by atoms with Gasteiger partial charge in [-0.05, 0) is 30.2 Å². The maximum Gasteiger partial charge on any atom is 0.191 e. The zero-order valence-electron chi connectivity index (χ0n) is 16.9. The molecule has 0 aliphatic carbocycles. The minimum absolute atomic E-state index is 0.369. The average molecular weight is 408 g/mol. The Balaban J connectivity index is 1.68. The Labute approximate surface area is 171 Å². The molecule has 0 radical (unpaired) electrons. The number of ether oxygens (including phenoxy) is 2. The first kappa shape index (κ1) is 21.1. The van der Waals surface area contributed by atoms with E-state index in [1.54, 1.807) is 18.9 Å². The van der Waals surface area contributed by atoms with Crippen molar-refractivity contribution in [3.63, 3.8) is 0 Å². The fraction of sp³-hybridized carbons (Fsp3) is 0.600. The van der Waals surface area contributed by atoms with E-state index in [-0.39, 0.29) is 6.10 Å². The normalized spacial score (nSPS) is 16.5. The van der Waals surface area contributed by atoms with Gasteiger partial charge in [-0.1, -0.05) is 25.6 Å². The van der Waals surface area contributed by atoms with E-state index in [1.165, 1.54) is 4.90 Å². The van der Waals surface area contributed by atoms with Gasteiger partial charge in [0.05, 0.1) is 20.3 Å². The van der Waals surface area contributed by atoms with Crippen LogP contribution < -0.4 is 9.64 Å². The molecule has 2 heterocycles. The van der Waals surface area contributed by atoms with Crippen LogP contribution in [0.2, 0.25) is 0 Å². The number of aliphatic hydroxyl groups excluding tert-OH is 1. The molecule has 2 N–H and O–H groups in total. The van der Waals surface area contributed by atoms with Crippen molar-refractivity contribution >= 4 is 11.8 Å². The number of nitrogens with one attached hydrogen (secondary N) is 1. The molecule has 0 saturated carbocycles. The van der Waals surface area contributed by atoms with Crippen molar-refractivity contribution in [3.05, 3.63) is 24.3 Å². The molecule has 7 nitrogen and oxygen atoms in total. The van der Waals surface area contributed by atoms with Crippen LogP contribution in [0.3, 0.4) is 0 Å². The first-order valence-corrected chi connectivity index (χ1v) is 10.8. The van der Waals surface area contributed by atoms with E-state index in [4.69, 9.17) is 9.47 Å². The van der Waals surface area contributed by atoms with E-state index in [0.29, 0.717) is 11.7 Å². The first-order valence-electron chi connectivity index (χ1n) is 9.86. The molecular weight excluding hydrogens is 376 g/mol. The van der Waals surface area contributed by atoms with Gasteiger partial charge in [-0.25, -0.2) is 0 Å². The zero-order valence-corrected chi connectivity index (χ0v) is 17.7. The van der Waals surface area contributed by atoms with E-state index in [9.17, 15) is 5.11 Å². The molecule has 0 amide bonds. The molecule has 1 fully saturated rings. The number of aliphatic hydroxyl groups is 1. The second-order valence-electron chi connectivity index (χ2n) is 7.57. The number of nitrogens with zero attached hydrogens (tertiary/aromatic N) is 3. The van der Waals surface area contributed by atoms with Gasteiger partial charge < -0.3 is 24.0 Å². The highest BCUT2D eigenvalue weighted by Gasteiger charge is 2.21. The van der Waals surface area contributed by atoms with E-state index < -0.39 is 0 Å². The summed E-state index contributed by atoms with van der Waals surface area (Å²) in [6.45, 7) is 9.44. The van der Waals surface area contributed by atoms with Gasteiger partial charge in [-0.15, -0.1) is 10.2 Å². The van der Waals surface area contributed by atoms with Gasteiger partial charge in [0.2, 0.25) is 0 Å². The molecule has 0 spiro atoms. The summed E-state index contributed by atoms with van der Waals surface area (Å²) in [5.41, 5.74) is 1.01. The molecule has 1 aliphatic rings. The molecule has 154 valence electrons. The van der Waals surface area contributed by atoms with Crippen LogP contribution in [0.1, 0.15) is 13.8 Å². The van der Waals surface area contributed by atoms with Gasteiger partial charge in [-0.3, -0.25) is 0 Å².